The Morgan fingerprint density at radius 3 is 2.92 bits per heavy atom. The van der Waals surface area contributed by atoms with Gasteiger partial charge in [0.15, 0.2) is 5.13 Å². The van der Waals surface area contributed by atoms with E-state index in [-0.39, 0.29) is 17.7 Å². The molecule has 1 fully saturated rings. The molecule has 1 saturated carbocycles. The highest BCUT2D eigenvalue weighted by Crippen LogP contribution is 2.33. The molecule has 1 N–H and O–H groups in total. The fourth-order valence-corrected chi connectivity index (χ4v) is 4.39. The van der Waals surface area contributed by atoms with Gasteiger partial charge in [-0.3, -0.25) is 9.59 Å². The summed E-state index contributed by atoms with van der Waals surface area (Å²) in [7, 11) is 0. The summed E-state index contributed by atoms with van der Waals surface area (Å²) in [6.45, 7) is 1.09. The number of carbonyl (C=O) groups is 2. The summed E-state index contributed by atoms with van der Waals surface area (Å²) in [5, 5.41) is 3.97. The molecule has 0 spiro atoms. The summed E-state index contributed by atoms with van der Waals surface area (Å²) in [4.78, 5) is 32.0. The van der Waals surface area contributed by atoms with Gasteiger partial charge in [-0.2, -0.15) is 0 Å². The Morgan fingerprint density at radius 1 is 1.36 bits per heavy atom. The van der Waals surface area contributed by atoms with E-state index in [4.69, 9.17) is 11.6 Å². The molecule has 25 heavy (non-hydrogen) atoms. The second-order valence-corrected chi connectivity index (χ2v) is 8.66. The molecule has 2 amide bonds. The van der Waals surface area contributed by atoms with Crippen LogP contribution in [0, 0.1) is 5.92 Å². The summed E-state index contributed by atoms with van der Waals surface area (Å²) >= 11 is 11.0. The van der Waals surface area contributed by atoms with Crippen LogP contribution in [0.4, 0.5) is 5.13 Å². The van der Waals surface area contributed by atoms with Crippen molar-refractivity contribution in [2.75, 3.05) is 11.9 Å². The highest BCUT2D eigenvalue weighted by Gasteiger charge is 2.31. The second kappa shape index (κ2) is 6.70. The van der Waals surface area contributed by atoms with Crippen LogP contribution in [0.3, 0.4) is 0 Å². The Bertz CT molecular complexity index is 866. The van der Waals surface area contributed by atoms with E-state index in [0.29, 0.717) is 35.2 Å². The van der Waals surface area contributed by atoms with E-state index in [1.165, 1.54) is 11.3 Å². The van der Waals surface area contributed by atoms with Gasteiger partial charge in [-0.25, -0.2) is 4.98 Å². The third-order valence-electron chi connectivity index (χ3n) is 4.36. The number of hydrogen-bond donors (Lipinski definition) is 1. The van der Waals surface area contributed by atoms with E-state index in [0.717, 1.165) is 27.9 Å². The van der Waals surface area contributed by atoms with Crippen molar-refractivity contribution in [3.8, 4) is 0 Å². The molecular formula is C17H15BrClN3O2S. The third-order valence-corrected chi connectivity index (χ3v) is 6.18. The number of amides is 2. The number of anilines is 1. The third kappa shape index (κ3) is 3.59. The van der Waals surface area contributed by atoms with Crippen LogP contribution in [-0.4, -0.2) is 28.2 Å². The zero-order valence-electron chi connectivity index (χ0n) is 13.2. The number of hydrogen-bond acceptors (Lipinski definition) is 4. The van der Waals surface area contributed by atoms with Crippen LogP contribution < -0.4 is 5.32 Å². The fraction of sp³-hybridized carbons (Fsp3) is 0.353. The van der Waals surface area contributed by atoms with Crippen molar-refractivity contribution < 1.29 is 9.59 Å². The van der Waals surface area contributed by atoms with E-state index in [9.17, 15) is 9.59 Å². The predicted octanol–water partition coefficient (Wildman–Crippen LogP) is 4.11. The Balaban J connectivity index is 1.50. The highest BCUT2D eigenvalue weighted by atomic mass is 79.9. The molecule has 1 aromatic heterocycles. The SMILES string of the molecule is O=C(Nc1nc2c(s1)CN(C(=O)c1cc(Br)ccc1Cl)CC2)C1CC1. The van der Waals surface area contributed by atoms with Crippen LogP contribution in [0.1, 0.15) is 33.8 Å². The Hall–Kier alpha value is -1.44. The van der Waals surface area contributed by atoms with Crippen LogP contribution in [0.15, 0.2) is 22.7 Å². The van der Waals surface area contributed by atoms with Crippen LogP contribution >= 0.6 is 38.9 Å². The Labute approximate surface area is 162 Å². The maximum atomic E-state index is 12.8. The zero-order valence-corrected chi connectivity index (χ0v) is 16.4. The summed E-state index contributed by atoms with van der Waals surface area (Å²) in [6, 6.07) is 5.27. The number of nitrogens with one attached hydrogen (secondary N) is 1. The number of thiazole rings is 1. The van der Waals surface area contributed by atoms with Gasteiger partial charge in [0.2, 0.25) is 5.91 Å². The second-order valence-electron chi connectivity index (χ2n) is 6.25. The van der Waals surface area contributed by atoms with E-state index >= 15 is 0 Å². The number of benzene rings is 1. The van der Waals surface area contributed by atoms with Crippen LogP contribution in [0.25, 0.3) is 0 Å². The summed E-state index contributed by atoms with van der Waals surface area (Å²) in [5.74, 6) is 0.117. The maximum absolute atomic E-state index is 12.8. The van der Waals surface area contributed by atoms with Gasteiger partial charge in [0, 0.05) is 28.2 Å². The minimum atomic E-state index is -0.0890. The van der Waals surface area contributed by atoms with Crippen molar-refractivity contribution in [1.82, 2.24) is 9.88 Å². The number of aromatic nitrogens is 1. The summed E-state index contributed by atoms with van der Waals surface area (Å²) in [5.41, 5.74) is 1.46. The van der Waals surface area contributed by atoms with Crippen molar-refractivity contribution in [1.29, 1.82) is 0 Å². The topological polar surface area (TPSA) is 62.3 Å². The monoisotopic (exact) mass is 439 g/mol. The molecule has 0 unspecified atom stereocenters. The van der Waals surface area contributed by atoms with Crippen molar-refractivity contribution >= 4 is 55.8 Å². The van der Waals surface area contributed by atoms with Crippen LogP contribution in [0.5, 0.6) is 0 Å². The molecule has 0 saturated heterocycles. The highest BCUT2D eigenvalue weighted by molar-refractivity contribution is 9.10. The first kappa shape index (κ1) is 17.0. The first-order chi connectivity index (χ1) is 12.0. The first-order valence-corrected chi connectivity index (χ1v) is 10.0. The van der Waals surface area contributed by atoms with Gasteiger partial charge >= 0.3 is 0 Å². The van der Waals surface area contributed by atoms with Crippen LogP contribution in [-0.2, 0) is 17.8 Å². The summed E-state index contributed by atoms with van der Waals surface area (Å²) < 4.78 is 0.820. The number of carbonyl (C=O) groups excluding carboxylic acids is 2. The van der Waals surface area contributed by atoms with Crippen molar-refractivity contribution in [3.05, 3.63) is 43.8 Å². The van der Waals surface area contributed by atoms with Crippen LogP contribution in [0.2, 0.25) is 5.02 Å². The molecule has 4 rings (SSSR count). The lowest BCUT2D eigenvalue weighted by Gasteiger charge is -2.26. The Kier molecular flexibility index (Phi) is 4.56. The quantitative estimate of drug-likeness (QED) is 0.781. The molecule has 2 aliphatic rings. The molecule has 1 aliphatic carbocycles. The largest absolute Gasteiger partial charge is 0.333 e. The zero-order chi connectivity index (χ0) is 17.6. The molecule has 0 bridgehead atoms. The van der Waals surface area contributed by atoms with Gasteiger partial charge < -0.3 is 10.2 Å². The molecule has 0 radical (unpaired) electrons. The minimum Gasteiger partial charge on any atom is -0.333 e. The standard InChI is InChI=1S/C17H15BrClN3O2S/c18-10-3-4-12(19)11(7-10)16(24)22-6-5-13-14(8-22)25-17(20-13)21-15(23)9-1-2-9/h3-4,7,9H,1-2,5-6,8H2,(H,20,21,23). The molecular weight excluding hydrogens is 426 g/mol. The molecule has 5 nitrogen and oxygen atoms in total. The number of halogens is 2. The smallest absolute Gasteiger partial charge is 0.255 e. The minimum absolute atomic E-state index is 0.0555. The van der Waals surface area contributed by atoms with E-state index < -0.39 is 0 Å². The fourth-order valence-electron chi connectivity index (χ4n) is 2.81. The lowest BCUT2D eigenvalue weighted by Crippen LogP contribution is -2.35. The molecule has 1 aromatic carbocycles. The van der Waals surface area contributed by atoms with Crippen molar-refractivity contribution in [2.24, 2.45) is 5.92 Å². The van der Waals surface area contributed by atoms with E-state index in [1.807, 2.05) is 6.07 Å². The van der Waals surface area contributed by atoms with E-state index in [1.54, 1.807) is 17.0 Å². The lowest BCUT2D eigenvalue weighted by atomic mass is 10.1. The van der Waals surface area contributed by atoms with Gasteiger partial charge in [0.1, 0.15) is 0 Å². The van der Waals surface area contributed by atoms with Crippen molar-refractivity contribution in [3.63, 3.8) is 0 Å². The summed E-state index contributed by atoms with van der Waals surface area (Å²) in [6.07, 6.45) is 2.61. The molecule has 8 heteroatoms. The van der Waals surface area contributed by atoms with Crippen molar-refractivity contribution in [2.45, 2.75) is 25.8 Å². The average molecular weight is 441 g/mol. The van der Waals surface area contributed by atoms with Gasteiger partial charge in [0.25, 0.3) is 5.91 Å². The van der Waals surface area contributed by atoms with Gasteiger partial charge in [-0.15, -0.1) is 0 Å². The molecule has 1 aliphatic heterocycles. The molecule has 0 atom stereocenters. The first-order valence-electron chi connectivity index (χ1n) is 8.05. The number of fused-ring (bicyclic) bond motifs is 1. The predicted molar refractivity (Wildman–Crippen MR) is 101 cm³/mol. The van der Waals surface area contributed by atoms with Gasteiger partial charge in [-0.05, 0) is 31.0 Å². The molecule has 2 heterocycles. The maximum Gasteiger partial charge on any atom is 0.255 e. The van der Waals surface area contributed by atoms with Gasteiger partial charge in [0.05, 0.1) is 22.8 Å². The van der Waals surface area contributed by atoms with E-state index in [2.05, 4.69) is 26.2 Å². The normalized spacial score (nSPS) is 16.5. The lowest BCUT2D eigenvalue weighted by molar-refractivity contribution is -0.117. The molecule has 130 valence electrons. The number of rotatable bonds is 3. The molecule has 2 aromatic rings. The number of nitrogens with zero attached hydrogens (tertiary/aromatic N) is 2. The Morgan fingerprint density at radius 2 is 2.16 bits per heavy atom. The van der Waals surface area contributed by atoms with Gasteiger partial charge in [-0.1, -0.05) is 38.9 Å². The average Bonchev–Trinajstić information content (AvgIpc) is 3.37.